The van der Waals surface area contributed by atoms with Crippen molar-refractivity contribution in [1.29, 1.82) is 0 Å². The summed E-state index contributed by atoms with van der Waals surface area (Å²) in [5.41, 5.74) is 3.02. The highest BCUT2D eigenvalue weighted by atomic mass is 35.5. The number of halogens is 1. The Bertz CT molecular complexity index is 968. The van der Waals surface area contributed by atoms with Crippen molar-refractivity contribution in [2.24, 2.45) is 0 Å². The molecule has 0 aliphatic carbocycles. The van der Waals surface area contributed by atoms with E-state index in [1.807, 2.05) is 72.7 Å². The van der Waals surface area contributed by atoms with E-state index in [0.29, 0.717) is 11.3 Å². The Kier molecular flexibility index (Phi) is 6.56. The lowest BCUT2D eigenvalue weighted by molar-refractivity contribution is 0.0744. The summed E-state index contributed by atoms with van der Waals surface area (Å²) in [7, 11) is 3.50. The van der Waals surface area contributed by atoms with Crippen LogP contribution in [0, 0.1) is 0 Å². The molecule has 2 aromatic carbocycles. The van der Waals surface area contributed by atoms with Crippen LogP contribution in [0.5, 0.6) is 5.75 Å². The van der Waals surface area contributed by atoms with Crippen molar-refractivity contribution in [3.05, 3.63) is 66.4 Å². The molecule has 1 saturated heterocycles. The van der Waals surface area contributed by atoms with Gasteiger partial charge in [-0.15, -0.1) is 12.4 Å². The highest BCUT2D eigenvalue weighted by Crippen LogP contribution is 2.28. The summed E-state index contributed by atoms with van der Waals surface area (Å²) in [5.74, 6) is 0.715. The minimum Gasteiger partial charge on any atom is -0.497 e. The van der Waals surface area contributed by atoms with Crippen LogP contribution in [0.3, 0.4) is 0 Å². The molecule has 4 rings (SSSR count). The largest absolute Gasteiger partial charge is 0.497 e. The second kappa shape index (κ2) is 9.11. The number of hydrogen-bond donors (Lipinski definition) is 1. The monoisotopic (exact) mass is 412 g/mol. The molecule has 1 fully saturated rings. The summed E-state index contributed by atoms with van der Waals surface area (Å²) in [5, 5.41) is 8.07. The van der Waals surface area contributed by atoms with Crippen molar-refractivity contribution >= 4 is 18.3 Å². The number of rotatable bonds is 5. The molecule has 2 heterocycles. The predicted molar refractivity (Wildman–Crippen MR) is 116 cm³/mol. The highest BCUT2D eigenvalue weighted by Gasteiger charge is 2.28. The Hall–Kier alpha value is -2.83. The number of ether oxygens (including phenoxy) is 1. The number of nitrogens with zero attached hydrogens (tertiary/aromatic N) is 3. The third-order valence-corrected chi connectivity index (χ3v) is 5.21. The first-order chi connectivity index (χ1) is 13.7. The number of carbonyl (C=O) groups excluding carboxylic acids is 1. The number of hydrogen-bond acceptors (Lipinski definition) is 4. The van der Waals surface area contributed by atoms with Crippen molar-refractivity contribution in [2.75, 3.05) is 27.2 Å². The van der Waals surface area contributed by atoms with Crippen LogP contribution in [-0.4, -0.2) is 53.9 Å². The summed E-state index contributed by atoms with van der Waals surface area (Å²) >= 11 is 0. The first kappa shape index (κ1) is 20.9. The van der Waals surface area contributed by atoms with Gasteiger partial charge in [0, 0.05) is 31.4 Å². The van der Waals surface area contributed by atoms with Crippen molar-refractivity contribution < 1.29 is 9.53 Å². The van der Waals surface area contributed by atoms with Crippen LogP contribution in [0.1, 0.15) is 16.8 Å². The molecular formula is C22H25ClN4O2. The first-order valence-electron chi connectivity index (χ1n) is 9.45. The van der Waals surface area contributed by atoms with Crippen LogP contribution in [-0.2, 0) is 0 Å². The van der Waals surface area contributed by atoms with Crippen LogP contribution in [0.4, 0.5) is 0 Å². The van der Waals surface area contributed by atoms with Gasteiger partial charge in [0.25, 0.3) is 5.91 Å². The summed E-state index contributed by atoms with van der Waals surface area (Å²) in [6.45, 7) is 1.76. The standard InChI is InChI=1S/C22H24N4O2.ClH/c1-25(18-11-12-23-14-18)22(27)20-15-26(17-8-4-3-5-9-17)24-21(20)16-7-6-10-19(13-16)28-2;/h3-10,13,15,18,23H,11-12,14H2,1-2H3;1H. The molecule has 3 aromatic rings. The zero-order chi connectivity index (χ0) is 19.5. The molecule has 1 aliphatic rings. The van der Waals surface area contributed by atoms with E-state index in [-0.39, 0.29) is 24.4 Å². The maximum absolute atomic E-state index is 13.3. The van der Waals surface area contributed by atoms with E-state index in [9.17, 15) is 4.79 Å². The summed E-state index contributed by atoms with van der Waals surface area (Å²) < 4.78 is 7.13. The van der Waals surface area contributed by atoms with E-state index in [2.05, 4.69) is 5.32 Å². The highest BCUT2D eigenvalue weighted by molar-refractivity contribution is 6.00. The van der Waals surface area contributed by atoms with Gasteiger partial charge < -0.3 is 15.0 Å². The van der Waals surface area contributed by atoms with E-state index in [0.717, 1.165) is 36.5 Å². The second-order valence-electron chi connectivity index (χ2n) is 6.97. The van der Waals surface area contributed by atoms with Gasteiger partial charge in [-0.05, 0) is 37.2 Å². The topological polar surface area (TPSA) is 59.4 Å². The van der Waals surface area contributed by atoms with Gasteiger partial charge in [-0.25, -0.2) is 4.68 Å². The first-order valence-corrected chi connectivity index (χ1v) is 9.45. The Morgan fingerprint density at radius 3 is 2.69 bits per heavy atom. The lowest BCUT2D eigenvalue weighted by Crippen LogP contribution is -2.38. The molecular weight excluding hydrogens is 388 g/mol. The fourth-order valence-corrected chi connectivity index (χ4v) is 3.55. The number of aromatic nitrogens is 2. The van der Waals surface area contributed by atoms with Gasteiger partial charge in [0.15, 0.2) is 0 Å². The molecule has 1 atom stereocenters. The molecule has 7 heteroatoms. The molecule has 1 aliphatic heterocycles. The number of para-hydroxylation sites is 1. The van der Waals surface area contributed by atoms with E-state index in [1.165, 1.54) is 0 Å². The number of likely N-dealkylation sites (N-methyl/N-ethyl adjacent to an activating group) is 1. The molecule has 1 aromatic heterocycles. The summed E-state index contributed by atoms with van der Waals surface area (Å²) in [6.07, 6.45) is 2.79. The Morgan fingerprint density at radius 2 is 2.00 bits per heavy atom. The number of benzene rings is 2. The number of carbonyl (C=O) groups is 1. The number of nitrogens with one attached hydrogen (secondary N) is 1. The van der Waals surface area contributed by atoms with Crippen LogP contribution in [0.15, 0.2) is 60.8 Å². The van der Waals surface area contributed by atoms with Crippen LogP contribution in [0.25, 0.3) is 16.9 Å². The minimum absolute atomic E-state index is 0. The maximum Gasteiger partial charge on any atom is 0.257 e. The van der Waals surface area contributed by atoms with Gasteiger partial charge in [-0.2, -0.15) is 5.10 Å². The lowest BCUT2D eigenvalue weighted by Gasteiger charge is -2.23. The Labute approximate surface area is 176 Å². The predicted octanol–water partition coefficient (Wildman–Crippen LogP) is 3.40. The van der Waals surface area contributed by atoms with Crippen LogP contribution in [0.2, 0.25) is 0 Å². The fourth-order valence-electron chi connectivity index (χ4n) is 3.55. The van der Waals surface area contributed by atoms with Crippen molar-refractivity contribution in [1.82, 2.24) is 20.0 Å². The maximum atomic E-state index is 13.3. The average molecular weight is 413 g/mol. The molecule has 0 bridgehead atoms. The zero-order valence-corrected chi connectivity index (χ0v) is 17.4. The van der Waals surface area contributed by atoms with E-state index in [1.54, 1.807) is 11.8 Å². The van der Waals surface area contributed by atoms with Gasteiger partial charge in [0.2, 0.25) is 0 Å². The normalized spacial score (nSPS) is 15.6. The molecule has 1 unspecified atom stereocenters. The van der Waals surface area contributed by atoms with Gasteiger partial charge in [-0.3, -0.25) is 4.79 Å². The van der Waals surface area contributed by atoms with Gasteiger partial charge >= 0.3 is 0 Å². The SMILES string of the molecule is COc1cccc(-c2nn(-c3ccccc3)cc2C(=O)N(C)C2CCNC2)c1.Cl. The molecule has 0 spiro atoms. The molecule has 152 valence electrons. The van der Waals surface area contributed by atoms with Crippen molar-refractivity contribution in [3.63, 3.8) is 0 Å². The third-order valence-electron chi connectivity index (χ3n) is 5.21. The minimum atomic E-state index is -0.0197. The number of methoxy groups -OCH3 is 1. The van der Waals surface area contributed by atoms with Crippen molar-refractivity contribution in [2.45, 2.75) is 12.5 Å². The van der Waals surface area contributed by atoms with Gasteiger partial charge in [-0.1, -0.05) is 30.3 Å². The average Bonchev–Trinajstić information content (AvgIpc) is 3.44. The lowest BCUT2D eigenvalue weighted by atomic mass is 10.1. The smallest absolute Gasteiger partial charge is 0.257 e. The summed E-state index contributed by atoms with van der Waals surface area (Å²) in [6, 6.07) is 17.7. The Balaban J connectivity index is 0.00000240. The fraction of sp³-hybridized carbons (Fsp3) is 0.273. The van der Waals surface area contributed by atoms with Gasteiger partial charge in [0.1, 0.15) is 11.4 Å². The van der Waals surface area contributed by atoms with Gasteiger partial charge in [0.05, 0.1) is 18.4 Å². The molecule has 1 amide bonds. The van der Waals surface area contributed by atoms with Crippen LogP contribution >= 0.6 is 12.4 Å². The molecule has 0 radical (unpaired) electrons. The van der Waals surface area contributed by atoms with E-state index < -0.39 is 0 Å². The zero-order valence-electron chi connectivity index (χ0n) is 16.5. The molecule has 1 N–H and O–H groups in total. The van der Waals surface area contributed by atoms with Crippen molar-refractivity contribution in [3.8, 4) is 22.7 Å². The summed E-state index contributed by atoms with van der Waals surface area (Å²) in [4.78, 5) is 15.2. The number of amides is 1. The van der Waals surface area contributed by atoms with E-state index in [4.69, 9.17) is 9.84 Å². The third kappa shape index (κ3) is 4.28. The molecule has 29 heavy (non-hydrogen) atoms. The molecule has 6 nitrogen and oxygen atoms in total. The van der Waals surface area contributed by atoms with Crippen LogP contribution < -0.4 is 10.1 Å². The van der Waals surface area contributed by atoms with E-state index >= 15 is 0 Å². The molecule has 0 saturated carbocycles. The quantitative estimate of drug-likeness (QED) is 0.697. The Morgan fingerprint density at radius 1 is 1.21 bits per heavy atom. The second-order valence-corrected chi connectivity index (χ2v) is 6.97.